The van der Waals surface area contributed by atoms with E-state index in [1.807, 2.05) is 59.4 Å². The van der Waals surface area contributed by atoms with Crippen LogP contribution in [0.4, 0.5) is 105 Å². The van der Waals surface area contributed by atoms with Gasteiger partial charge in [-0.15, -0.1) is 12.6 Å². The standard InChI is InChI=1S/C32H12BF24.C17H14N2OS/c34-25(35,36)13-1-14(26(37,38)39)6-21(5-13)33(22-7-15(27(40,41)42)2-16(8-22)28(43,44)45,23-9-17(29(46,47)48)3-18(10-23)30(49,50)51)24-11-19(31(52,53)54)4-20(12-24)32(55,56)57;21-16-9-5-4-8-15(16)20-17-13-19(11-10-18-17)12-14-6-2-1-3-7-14/h1-12H;1-11,13H,12H2/q-1;/p+1. The van der Waals surface area contributed by atoms with Gasteiger partial charge in [-0.3, -0.25) is 0 Å². The summed E-state index contributed by atoms with van der Waals surface area (Å²) >= 11 is 4.37. The van der Waals surface area contributed by atoms with Gasteiger partial charge in [0.25, 0.3) is 5.88 Å². The number of ether oxygens (including phenoxy) is 1. The Morgan fingerprint density at radius 1 is 0.385 bits per heavy atom. The summed E-state index contributed by atoms with van der Waals surface area (Å²) in [5.74, 6) is 1.25. The molecule has 1 heterocycles. The van der Waals surface area contributed by atoms with Gasteiger partial charge in [0.1, 0.15) is 11.9 Å². The average molecular weight is 1160 g/mol. The Hall–Kier alpha value is -7.07. The van der Waals surface area contributed by atoms with Crippen LogP contribution in [0.25, 0.3) is 0 Å². The van der Waals surface area contributed by atoms with Gasteiger partial charge >= 0.3 is 49.4 Å². The van der Waals surface area contributed by atoms with Crippen molar-refractivity contribution in [3.05, 3.63) is 196 Å². The normalized spacial score (nSPS) is 13.2. The van der Waals surface area contributed by atoms with E-state index in [4.69, 9.17) is 4.74 Å². The van der Waals surface area contributed by atoms with E-state index in [2.05, 4.69) is 29.7 Å². The third-order valence-electron chi connectivity index (χ3n) is 11.5. The maximum Gasteiger partial charge on any atom is 0.416 e. The van der Waals surface area contributed by atoms with Gasteiger partial charge < -0.3 is 4.74 Å². The van der Waals surface area contributed by atoms with Gasteiger partial charge in [0, 0.05) is 10.5 Å². The lowest BCUT2D eigenvalue weighted by molar-refractivity contribution is -0.689. The van der Waals surface area contributed by atoms with E-state index in [1.54, 1.807) is 6.20 Å². The number of halogens is 24. The molecule has 1 aromatic heterocycles. The summed E-state index contributed by atoms with van der Waals surface area (Å²) in [6.45, 7) is 0.780. The number of para-hydroxylation sites is 1. The van der Waals surface area contributed by atoms with Gasteiger partial charge in [0.05, 0.1) is 50.7 Å². The van der Waals surface area contributed by atoms with Gasteiger partial charge in [-0.1, -0.05) is 91.0 Å². The minimum Gasteiger partial charge on any atom is -0.433 e. The minimum atomic E-state index is -6.13. The molecule has 0 N–H and O–H groups in total. The molecule has 0 atom stereocenters. The second kappa shape index (κ2) is 21.3. The zero-order chi connectivity index (χ0) is 58.4. The van der Waals surface area contributed by atoms with Gasteiger partial charge in [0.2, 0.25) is 6.20 Å². The first-order chi connectivity index (χ1) is 35.6. The fourth-order valence-electron chi connectivity index (χ4n) is 8.08. The molecule has 0 bridgehead atoms. The van der Waals surface area contributed by atoms with Crippen LogP contribution < -0.4 is 31.2 Å². The highest BCUT2D eigenvalue weighted by Crippen LogP contribution is 2.41. The van der Waals surface area contributed by atoms with Gasteiger partial charge in [-0.25, -0.2) is 4.98 Å². The molecule has 6 aromatic carbocycles. The molecule has 0 fully saturated rings. The molecule has 0 radical (unpaired) electrons. The number of thiol groups is 1. The van der Waals surface area contributed by atoms with Crippen molar-refractivity contribution in [3.63, 3.8) is 0 Å². The van der Waals surface area contributed by atoms with E-state index in [1.165, 1.54) is 5.56 Å². The Kier molecular flexibility index (Phi) is 16.4. The summed E-state index contributed by atoms with van der Waals surface area (Å²) in [6.07, 6.45) is -49.3. The van der Waals surface area contributed by atoms with Gasteiger partial charge in [0.15, 0.2) is 12.7 Å². The second-order valence-electron chi connectivity index (χ2n) is 16.8. The Morgan fingerprint density at radius 2 is 0.667 bits per heavy atom. The van der Waals surface area contributed by atoms with Crippen LogP contribution in [0.15, 0.2) is 151 Å². The predicted molar refractivity (Wildman–Crippen MR) is 234 cm³/mol. The van der Waals surface area contributed by atoms with E-state index >= 15 is 0 Å². The van der Waals surface area contributed by atoms with Gasteiger partial charge in [-0.2, -0.15) is 132 Å². The molecular formula is C49H27BF24N2OS. The monoisotopic (exact) mass is 1160 g/mol. The number of rotatable bonds is 8. The summed E-state index contributed by atoms with van der Waals surface area (Å²) in [7, 11) is 0. The summed E-state index contributed by atoms with van der Waals surface area (Å²) < 4.78 is 349. The fourth-order valence-corrected chi connectivity index (χ4v) is 8.29. The highest BCUT2D eigenvalue weighted by molar-refractivity contribution is 7.80. The van der Waals surface area contributed by atoms with Crippen molar-refractivity contribution in [1.82, 2.24) is 4.98 Å². The zero-order valence-corrected chi connectivity index (χ0v) is 38.9. The van der Waals surface area contributed by atoms with Crippen molar-refractivity contribution in [2.45, 2.75) is 60.9 Å². The molecule has 7 aromatic rings. The number of aromatic nitrogens is 2. The molecule has 0 saturated carbocycles. The topological polar surface area (TPSA) is 26.0 Å². The molecule has 0 aliphatic heterocycles. The largest absolute Gasteiger partial charge is 0.433 e. The number of benzene rings is 6. The highest BCUT2D eigenvalue weighted by atomic mass is 32.1. The zero-order valence-electron chi connectivity index (χ0n) is 38.0. The number of hydrogen-bond donors (Lipinski definition) is 1. The molecule has 0 unspecified atom stereocenters. The second-order valence-corrected chi connectivity index (χ2v) is 17.3. The summed E-state index contributed by atoms with van der Waals surface area (Å²) in [5.41, 5.74) is -29.0. The van der Waals surface area contributed by atoms with E-state index in [0.717, 1.165) is 11.4 Å². The van der Waals surface area contributed by atoms with Crippen molar-refractivity contribution in [3.8, 4) is 11.6 Å². The molecule has 416 valence electrons. The first kappa shape index (κ1) is 60.2. The van der Waals surface area contributed by atoms with Crippen molar-refractivity contribution >= 4 is 40.6 Å². The van der Waals surface area contributed by atoms with Crippen LogP contribution in [-0.2, 0) is 56.0 Å². The molecule has 0 aliphatic carbocycles. The molecule has 78 heavy (non-hydrogen) atoms. The van der Waals surface area contributed by atoms with Crippen molar-refractivity contribution in [2.75, 3.05) is 0 Å². The molecule has 0 spiro atoms. The first-order valence-electron chi connectivity index (χ1n) is 21.3. The van der Waals surface area contributed by atoms with Crippen molar-refractivity contribution < 1.29 is 115 Å². The number of alkyl halides is 24. The van der Waals surface area contributed by atoms with Crippen LogP contribution in [0, 0.1) is 0 Å². The third kappa shape index (κ3) is 14.2. The van der Waals surface area contributed by atoms with Crippen LogP contribution >= 0.6 is 12.6 Å². The van der Waals surface area contributed by atoms with E-state index < -0.39 is 195 Å². The summed E-state index contributed by atoms with van der Waals surface area (Å²) in [6, 6.07) is 9.05. The number of nitrogens with zero attached hydrogens (tertiary/aromatic N) is 2. The smallest absolute Gasteiger partial charge is 0.416 e. The lowest BCUT2D eigenvalue weighted by Gasteiger charge is -2.46. The van der Waals surface area contributed by atoms with E-state index in [0.29, 0.717) is 11.6 Å². The van der Waals surface area contributed by atoms with Crippen molar-refractivity contribution in [1.29, 1.82) is 0 Å². The maximum absolute atomic E-state index is 14.2. The Bertz CT molecular complexity index is 2830. The summed E-state index contributed by atoms with van der Waals surface area (Å²) in [4.78, 5) is 5.03. The van der Waals surface area contributed by atoms with E-state index in [9.17, 15) is 105 Å². The van der Waals surface area contributed by atoms with Gasteiger partial charge in [-0.05, 0) is 36.4 Å². The Balaban J connectivity index is 0.000000387. The molecule has 29 heteroatoms. The summed E-state index contributed by atoms with van der Waals surface area (Å²) in [5, 5.41) is 0. The highest BCUT2D eigenvalue weighted by Gasteiger charge is 2.47. The van der Waals surface area contributed by atoms with Crippen LogP contribution in [0.3, 0.4) is 0 Å². The minimum absolute atomic E-state index is 0.551. The van der Waals surface area contributed by atoms with Crippen LogP contribution in [0.5, 0.6) is 11.6 Å². The molecule has 7 rings (SSSR count). The fraction of sp³-hybridized carbons (Fsp3) is 0.184. The number of hydrogen-bond acceptors (Lipinski definition) is 3. The third-order valence-corrected chi connectivity index (χ3v) is 11.8. The quantitative estimate of drug-likeness (QED) is 0.0710. The lowest BCUT2D eigenvalue weighted by Crippen LogP contribution is -2.75. The lowest BCUT2D eigenvalue weighted by atomic mass is 9.12. The SMILES string of the molecule is FC(F)(F)c1cc([B-](c2cc(C(F)(F)F)cc(C(F)(F)F)c2)(c2cc(C(F)(F)F)cc(C(F)(F)F)c2)c2cc(C(F)(F)F)cc(C(F)(F)F)c2)cc(C(F)(F)F)c1.Sc1ccccc1Oc1c[n+](Cc2ccccc2)ccn1. The predicted octanol–water partition coefficient (Wildman–Crippen LogP) is 14.7. The van der Waals surface area contributed by atoms with Crippen LogP contribution in [0.2, 0.25) is 0 Å². The maximum atomic E-state index is 14.2. The molecule has 0 saturated heterocycles. The molecular weight excluding hydrogens is 1130 g/mol. The van der Waals surface area contributed by atoms with Crippen LogP contribution in [0.1, 0.15) is 50.1 Å². The Labute approximate surface area is 428 Å². The molecule has 3 nitrogen and oxygen atoms in total. The first-order valence-corrected chi connectivity index (χ1v) is 21.7. The average Bonchev–Trinajstić information content (AvgIpc) is 3.32. The Morgan fingerprint density at radius 3 is 0.949 bits per heavy atom. The molecule has 0 amide bonds. The molecule has 0 aliphatic rings. The van der Waals surface area contributed by atoms with Crippen LogP contribution in [-0.4, -0.2) is 11.1 Å². The van der Waals surface area contributed by atoms with Crippen molar-refractivity contribution in [2.24, 2.45) is 0 Å². The van der Waals surface area contributed by atoms with E-state index in [-0.39, 0.29) is 0 Å².